The third-order valence-corrected chi connectivity index (χ3v) is 2.62. The Morgan fingerprint density at radius 2 is 2.11 bits per heavy atom. The molecule has 1 aromatic carbocycles. The Kier molecular flexibility index (Phi) is 3.32. The van der Waals surface area contributed by atoms with Crippen molar-refractivity contribution in [2.75, 3.05) is 7.11 Å². The Morgan fingerprint density at radius 1 is 1.39 bits per heavy atom. The first-order valence-electron chi connectivity index (χ1n) is 5.49. The zero-order valence-electron chi connectivity index (χ0n) is 10.3. The molecule has 0 saturated heterocycles. The third kappa shape index (κ3) is 2.34. The van der Waals surface area contributed by atoms with E-state index in [0.717, 1.165) is 11.1 Å². The number of para-hydroxylation sites is 1. The van der Waals surface area contributed by atoms with Crippen LogP contribution in [0.25, 0.3) is 11.1 Å². The standard InChI is InChI=1S/C13H14N2O3/c1-15-8-10(11(14-15)7-13(16)17)9-5-3-4-6-12(9)18-2/h3-6,8H,7H2,1-2H3,(H,16,17). The van der Waals surface area contributed by atoms with Gasteiger partial charge in [0.05, 0.1) is 19.2 Å². The molecule has 1 aromatic heterocycles. The van der Waals surface area contributed by atoms with Gasteiger partial charge in [0.1, 0.15) is 5.75 Å². The van der Waals surface area contributed by atoms with Gasteiger partial charge in [-0.25, -0.2) is 0 Å². The summed E-state index contributed by atoms with van der Waals surface area (Å²) in [5, 5.41) is 13.1. The number of carbonyl (C=O) groups is 1. The number of carboxylic acids is 1. The van der Waals surface area contributed by atoms with Crippen LogP contribution in [-0.4, -0.2) is 28.0 Å². The fourth-order valence-corrected chi connectivity index (χ4v) is 1.90. The Labute approximate surface area is 105 Å². The molecule has 18 heavy (non-hydrogen) atoms. The fraction of sp³-hybridized carbons (Fsp3) is 0.231. The number of rotatable bonds is 4. The second kappa shape index (κ2) is 4.91. The molecule has 0 unspecified atom stereocenters. The molecule has 0 aliphatic heterocycles. The van der Waals surface area contributed by atoms with Crippen molar-refractivity contribution in [1.82, 2.24) is 9.78 Å². The van der Waals surface area contributed by atoms with Gasteiger partial charge >= 0.3 is 5.97 Å². The summed E-state index contributed by atoms with van der Waals surface area (Å²) in [4.78, 5) is 10.8. The van der Waals surface area contributed by atoms with E-state index in [1.807, 2.05) is 24.3 Å². The molecule has 0 atom stereocenters. The van der Waals surface area contributed by atoms with Crippen LogP contribution in [0.3, 0.4) is 0 Å². The largest absolute Gasteiger partial charge is 0.496 e. The van der Waals surface area contributed by atoms with Crippen LogP contribution >= 0.6 is 0 Å². The highest BCUT2D eigenvalue weighted by atomic mass is 16.5. The van der Waals surface area contributed by atoms with Crippen molar-refractivity contribution in [3.05, 3.63) is 36.2 Å². The van der Waals surface area contributed by atoms with Crippen LogP contribution in [0.4, 0.5) is 0 Å². The van der Waals surface area contributed by atoms with Gasteiger partial charge in [-0.1, -0.05) is 18.2 Å². The number of nitrogens with zero attached hydrogens (tertiary/aromatic N) is 2. The first-order chi connectivity index (χ1) is 8.61. The highest BCUT2D eigenvalue weighted by Gasteiger charge is 2.15. The molecule has 0 aliphatic carbocycles. The van der Waals surface area contributed by atoms with Crippen molar-refractivity contribution in [2.45, 2.75) is 6.42 Å². The zero-order chi connectivity index (χ0) is 13.1. The van der Waals surface area contributed by atoms with Crippen LogP contribution in [0, 0.1) is 0 Å². The van der Waals surface area contributed by atoms with Crippen molar-refractivity contribution in [1.29, 1.82) is 0 Å². The molecule has 0 amide bonds. The molecule has 0 bridgehead atoms. The topological polar surface area (TPSA) is 64.4 Å². The number of carboxylic acid groups (broad SMARTS) is 1. The minimum absolute atomic E-state index is 0.103. The van der Waals surface area contributed by atoms with E-state index in [1.165, 1.54) is 0 Å². The molecule has 0 saturated carbocycles. The Hall–Kier alpha value is -2.30. The number of hydrogen-bond acceptors (Lipinski definition) is 3. The summed E-state index contributed by atoms with van der Waals surface area (Å²) in [7, 11) is 3.36. The SMILES string of the molecule is COc1ccccc1-c1cn(C)nc1CC(=O)O. The predicted octanol–water partition coefficient (Wildman–Crippen LogP) is 1.72. The molecule has 0 aliphatic rings. The molecule has 94 valence electrons. The van der Waals surface area contributed by atoms with Crippen molar-refractivity contribution >= 4 is 5.97 Å². The lowest BCUT2D eigenvalue weighted by Gasteiger charge is -2.07. The van der Waals surface area contributed by atoms with Crippen molar-refractivity contribution in [2.24, 2.45) is 7.05 Å². The molecular weight excluding hydrogens is 232 g/mol. The minimum atomic E-state index is -0.898. The lowest BCUT2D eigenvalue weighted by atomic mass is 10.0. The van der Waals surface area contributed by atoms with Crippen LogP contribution in [0.2, 0.25) is 0 Å². The third-order valence-electron chi connectivity index (χ3n) is 2.62. The highest BCUT2D eigenvalue weighted by molar-refractivity contribution is 5.77. The monoisotopic (exact) mass is 246 g/mol. The molecule has 5 heteroatoms. The van der Waals surface area contributed by atoms with Gasteiger partial charge < -0.3 is 9.84 Å². The zero-order valence-corrected chi connectivity index (χ0v) is 10.3. The number of benzene rings is 1. The van der Waals surface area contributed by atoms with E-state index in [-0.39, 0.29) is 6.42 Å². The molecule has 5 nitrogen and oxygen atoms in total. The van der Waals surface area contributed by atoms with Gasteiger partial charge in [-0.05, 0) is 6.07 Å². The Morgan fingerprint density at radius 3 is 2.78 bits per heavy atom. The molecule has 0 spiro atoms. The van der Waals surface area contributed by atoms with Crippen LogP contribution in [-0.2, 0) is 18.3 Å². The summed E-state index contributed by atoms with van der Waals surface area (Å²) >= 11 is 0. The molecule has 2 aromatic rings. The summed E-state index contributed by atoms with van der Waals surface area (Å²) in [6, 6.07) is 7.49. The number of aliphatic carboxylic acids is 1. The first-order valence-corrected chi connectivity index (χ1v) is 5.49. The van der Waals surface area contributed by atoms with Crippen molar-refractivity contribution < 1.29 is 14.6 Å². The van der Waals surface area contributed by atoms with Gasteiger partial charge in [-0.2, -0.15) is 5.10 Å². The van der Waals surface area contributed by atoms with Crippen molar-refractivity contribution in [3.63, 3.8) is 0 Å². The van der Waals surface area contributed by atoms with Crippen LogP contribution in [0.5, 0.6) is 5.75 Å². The van der Waals surface area contributed by atoms with Gasteiger partial charge in [0.25, 0.3) is 0 Å². The molecule has 1 heterocycles. The molecule has 0 fully saturated rings. The maximum absolute atomic E-state index is 10.8. The number of aryl methyl sites for hydroxylation is 1. The van der Waals surface area contributed by atoms with Crippen LogP contribution in [0.1, 0.15) is 5.69 Å². The Bertz CT molecular complexity index is 575. The molecule has 2 rings (SSSR count). The van der Waals surface area contributed by atoms with E-state index in [4.69, 9.17) is 9.84 Å². The smallest absolute Gasteiger partial charge is 0.309 e. The summed E-state index contributed by atoms with van der Waals surface area (Å²) in [6.45, 7) is 0. The summed E-state index contributed by atoms with van der Waals surface area (Å²) in [6.07, 6.45) is 1.70. The number of ether oxygens (including phenoxy) is 1. The maximum atomic E-state index is 10.8. The average molecular weight is 246 g/mol. The highest BCUT2D eigenvalue weighted by Crippen LogP contribution is 2.31. The average Bonchev–Trinajstić information content (AvgIpc) is 2.69. The number of hydrogen-bond donors (Lipinski definition) is 1. The Balaban J connectivity index is 2.52. The van der Waals surface area contributed by atoms with E-state index >= 15 is 0 Å². The van der Waals surface area contributed by atoms with Gasteiger partial charge in [-0.15, -0.1) is 0 Å². The maximum Gasteiger partial charge on any atom is 0.309 e. The fourth-order valence-electron chi connectivity index (χ4n) is 1.90. The first kappa shape index (κ1) is 12.2. The van der Waals surface area contributed by atoms with E-state index in [9.17, 15) is 4.79 Å². The molecule has 0 radical (unpaired) electrons. The summed E-state index contributed by atoms with van der Waals surface area (Å²) in [5.41, 5.74) is 2.18. The van der Waals surface area contributed by atoms with Crippen molar-refractivity contribution in [3.8, 4) is 16.9 Å². The quantitative estimate of drug-likeness (QED) is 0.892. The van der Waals surface area contributed by atoms with E-state index < -0.39 is 5.97 Å². The molecular formula is C13H14N2O3. The van der Waals surface area contributed by atoms with Gasteiger partial charge in [0.15, 0.2) is 0 Å². The normalized spacial score (nSPS) is 10.3. The van der Waals surface area contributed by atoms with Gasteiger partial charge in [0, 0.05) is 24.4 Å². The minimum Gasteiger partial charge on any atom is -0.496 e. The van der Waals surface area contributed by atoms with Gasteiger partial charge in [0.2, 0.25) is 0 Å². The summed E-state index contributed by atoms with van der Waals surface area (Å²) in [5.74, 6) is -0.193. The second-order valence-corrected chi connectivity index (χ2v) is 3.93. The second-order valence-electron chi connectivity index (χ2n) is 3.93. The number of methoxy groups -OCH3 is 1. The van der Waals surface area contributed by atoms with Gasteiger partial charge in [-0.3, -0.25) is 9.48 Å². The van der Waals surface area contributed by atoms with E-state index in [1.54, 1.807) is 25.0 Å². The predicted molar refractivity (Wildman–Crippen MR) is 66.5 cm³/mol. The lowest BCUT2D eigenvalue weighted by Crippen LogP contribution is -2.03. The number of aromatic nitrogens is 2. The van der Waals surface area contributed by atoms with Crippen LogP contribution < -0.4 is 4.74 Å². The van der Waals surface area contributed by atoms with Crippen LogP contribution in [0.15, 0.2) is 30.5 Å². The summed E-state index contributed by atoms with van der Waals surface area (Å²) < 4.78 is 6.90. The molecule has 1 N–H and O–H groups in total. The van der Waals surface area contributed by atoms with E-state index in [2.05, 4.69) is 5.10 Å². The lowest BCUT2D eigenvalue weighted by molar-refractivity contribution is -0.136. The van der Waals surface area contributed by atoms with E-state index in [0.29, 0.717) is 11.4 Å².